The van der Waals surface area contributed by atoms with E-state index in [4.69, 9.17) is 4.74 Å². The summed E-state index contributed by atoms with van der Waals surface area (Å²) in [6, 6.07) is 15.3. The lowest BCUT2D eigenvalue weighted by Gasteiger charge is -2.15. The molecule has 0 bridgehead atoms. The van der Waals surface area contributed by atoms with Gasteiger partial charge >= 0.3 is 5.97 Å². The van der Waals surface area contributed by atoms with Crippen molar-refractivity contribution in [2.75, 3.05) is 19.7 Å². The summed E-state index contributed by atoms with van der Waals surface area (Å²) in [7, 11) is 0. The number of nitrogens with zero attached hydrogens (tertiary/aromatic N) is 1. The van der Waals surface area contributed by atoms with Gasteiger partial charge in [0.1, 0.15) is 0 Å². The number of rotatable bonds is 9. The van der Waals surface area contributed by atoms with E-state index in [0.29, 0.717) is 31.0 Å². The predicted molar refractivity (Wildman–Crippen MR) is 119 cm³/mol. The van der Waals surface area contributed by atoms with Gasteiger partial charge in [0.2, 0.25) is 5.91 Å². The first-order valence-electron chi connectivity index (χ1n) is 10.8. The molecule has 31 heavy (non-hydrogen) atoms. The smallest absolute Gasteiger partial charge is 0.338 e. The second kappa shape index (κ2) is 10.8. The molecular formula is C25H30N2O4. The summed E-state index contributed by atoms with van der Waals surface area (Å²) in [5.74, 6) is -0.199. The maximum absolute atomic E-state index is 12.2. The molecule has 2 amide bonds. The maximum Gasteiger partial charge on any atom is 0.338 e. The van der Waals surface area contributed by atoms with Gasteiger partial charge < -0.3 is 15.0 Å². The van der Waals surface area contributed by atoms with Crippen LogP contribution in [0.5, 0.6) is 0 Å². The number of benzene rings is 2. The van der Waals surface area contributed by atoms with Gasteiger partial charge in [-0.25, -0.2) is 4.79 Å². The van der Waals surface area contributed by atoms with E-state index in [-0.39, 0.29) is 18.4 Å². The number of esters is 1. The van der Waals surface area contributed by atoms with Gasteiger partial charge in [0.15, 0.2) is 6.61 Å². The molecule has 0 unspecified atom stereocenters. The number of nitrogens with one attached hydrogen (secondary N) is 1. The lowest BCUT2D eigenvalue weighted by Crippen LogP contribution is -2.30. The lowest BCUT2D eigenvalue weighted by atomic mass is 10.0. The molecule has 0 aliphatic carbocycles. The van der Waals surface area contributed by atoms with E-state index in [1.54, 1.807) is 12.1 Å². The summed E-state index contributed by atoms with van der Waals surface area (Å²) in [4.78, 5) is 37.7. The van der Waals surface area contributed by atoms with Crippen LogP contribution in [0.4, 0.5) is 0 Å². The topological polar surface area (TPSA) is 75.7 Å². The molecule has 1 saturated heterocycles. The van der Waals surface area contributed by atoms with Gasteiger partial charge in [-0.05, 0) is 47.6 Å². The van der Waals surface area contributed by atoms with Gasteiger partial charge in [-0.3, -0.25) is 9.59 Å². The fourth-order valence-corrected chi connectivity index (χ4v) is 3.52. The SMILES string of the molecule is CC(C)c1ccc(CCNC(=O)COC(=O)c2ccc(CN3CCCC3=O)cc2)cc1. The molecule has 2 aromatic rings. The molecule has 1 heterocycles. The molecule has 0 aromatic heterocycles. The first-order valence-corrected chi connectivity index (χ1v) is 10.8. The van der Waals surface area contributed by atoms with E-state index in [1.165, 1.54) is 5.56 Å². The minimum atomic E-state index is -0.539. The Morgan fingerprint density at radius 3 is 2.32 bits per heavy atom. The molecule has 0 saturated carbocycles. The zero-order valence-corrected chi connectivity index (χ0v) is 18.2. The number of ether oxygens (including phenoxy) is 1. The second-order valence-electron chi connectivity index (χ2n) is 8.19. The number of likely N-dealkylation sites (tertiary alicyclic amines) is 1. The van der Waals surface area contributed by atoms with Crippen LogP contribution >= 0.6 is 0 Å². The average Bonchev–Trinajstić information content (AvgIpc) is 3.17. The molecule has 2 aromatic carbocycles. The summed E-state index contributed by atoms with van der Waals surface area (Å²) in [6.45, 7) is 5.82. The predicted octanol–water partition coefficient (Wildman–Crippen LogP) is 3.45. The molecule has 6 heteroatoms. The quantitative estimate of drug-likeness (QED) is 0.628. The Balaban J connectivity index is 1.37. The zero-order valence-electron chi connectivity index (χ0n) is 18.2. The minimum Gasteiger partial charge on any atom is -0.452 e. The van der Waals surface area contributed by atoms with E-state index in [1.807, 2.05) is 17.0 Å². The van der Waals surface area contributed by atoms with Crippen LogP contribution in [-0.2, 0) is 27.3 Å². The molecule has 1 aliphatic heterocycles. The Bertz CT molecular complexity index is 904. The van der Waals surface area contributed by atoms with Gasteiger partial charge in [0, 0.05) is 26.1 Å². The van der Waals surface area contributed by atoms with Crippen molar-refractivity contribution < 1.29 is 19.1 Å². The normalized spacial score (nSPS) is 13.5. The number of hydrogen-bond acceptors (Lipinski definition) is 4. The van der Waals surface area contributed by atoms with Crippen LogP contribution in [0.1, 0.15) is 59.7 Å². The number of carbonyl (C=O) groups excluding carboxylic acids is 3. The fraction of sp³-hybridized carbons (Fsp3) is 0.400. The van der Waals surface area contributed by atoms with Crippen LogP contribution in [0.3, 0.4) is 0 Å². The van der Waals surface area contributed by atoms with Crippen LogP contribution in [-0.4, -0.2) is 42.4 Å². The van der Waals surface area contributed by atoms with E-state index in [0.717, 1.165) is 30.5 Å². The highest BCUT2D eigenvalue weighted by Gasteiger charge is 2.20. The van der Waals surface area contributed by atoms with Gasteiger partial charge in [0.25, 0.3) is 5.91 Å². The fourth-order valence-electron chi connectivity index (χ4n) is 3.52. The second-order valence-corrected chi connectivity index (χ2v) is 8.19. The highest BCUT2D eigenvalue weighted by Crippen LogP contribution is 2.16. The van der Waals surface area contributed by atoms with Crippen molar-refractivity contribution in [3.63, 3.8) is 0 Å². The van der Waals surface area contributed by atoms with Gasteiger partial charge in [0.05, 0.1) is 5.56 Å². The number of carbonyl (C=O) groups is 3. The largest absolute Gasteiger partial charge is 0.452 e. The van der Waals surface area contributed by atoms with Crippen molar-refractivity contribution in [2.24, 2.45) is 0 Å². The molecule has 6 nitrogen and oxygen atoms in total. The Labute approximate surface area is 183 Å². The summed E-state index contributed by atoms with van der Waals surface area (Å²) in [5.41, 5.74) is 3.79. The Morgan fingerprint density at radius 1 is 1.03 bits per heavy atom. The summed E-state index contributed by atoms with van der Waals surface area (Å²) in [5, 5.41) is 2.78. The monoisotopic (exact) mass is 422 g/mol. The molecular weight excluding hydrogens is 392 g/mol. The van der Waals surface area contributed by atoms with Gasteiger partial charge in [-0.15, -0.1) is 0 Å². The van der Waals surface area contributed by atoms with Crippen molar-refractivity contribution in [3.8, 4) is 0 Å². The van der Waals surface area contributed by atoms with Crippen LogP contribution in [0.15, 0.2) is 48.5 Å². The summed E-state index contributed by atoms with van der Waals surface area (Å²) < 4.78 is 5.11. The van der Waals surface area contributed by atoms with E-state index in [2.05, 4.69) is 43.4 Å². The van der Waals surface area contributed by atoms with Crippen molar-refractivity contribution >= 4 is 17.8 Å². The summed E-state index contributed by atoms with van der Waals surface area (Å²) in [6.07, 6.45) is 2.23. The standard InChI is InChI=1S/C25H30N2O4/c1-18(2)21-9-5-19(6-10-21)13-14-26-23(28)17-31-25(30)22-11-7-20(8-12-22)16-27-15-3-4-24(27)29/h5-12,18H,3-4,13-17H2,1-2H3,(H,26,28). The average molecular weight is 423 g/mol. The molecule has 0 atom stereocenters. The first kappa shape index (κ1) is 22.5. The Morgan fingerprint density at radius 2 is 1.71 bits per heavy atom. The highest BCUT2D eigenvalue weighted by molar-refractivity contribution is 5.91. The summed E-state index contributed by atoms with van der Waals surface area (Å²) >= 11 is 0. The van der Waals surface area contributed by atoms with Crippen LogP contribution in [0.25, 0.3) is 0 Å². The Kier molecular flexibility index (Phi) is 7.82. The van der Waals surface area contributed by atoms with E-state index in [9.17, 15) is 14.4 Å². The molecule has 1 fully saturated rings. The number of hydrogen-bond donors (Lipinski definition) is 1. The molecule has 1 N–H and O–H groups in total. The highest BCUT2D eigenvalue weighted by atomic mass is 16.5. The van der Waals surface area contributed by atoms with Crippen molar-refractivity contribution in [2.45, 2.75) is 45.6 Å². The Hall–Kier alpha value is -3.15. The van der Waals surface area contributed by atoms with Crippen LogP contribution < -0.4 is 5.32 Å². The third-order valence-electron chi connectivity index (χ3n) is 5.45. The van der Waals surface area contributed by atoms with Crippen LogP contribution in [0.2, 0.25) is 0 Å². The third kappa shape index (κ3) is 6.67. The van der Waals surface area contributed by atoms with Gasteiger partial charge in [-0.1, -0.05) is 50.2 Å². The maximum atomic E-state index is 12.2. The molecule has 0 spiro atoms. The lowest BCUT2D eigenvalue weighted by molar-refractivity contribution is -0.128. The van der Waals surface area contributed by atoms with E-state index < -0.39 is 5.97 Å². The molecule has 1 aliphatic rings. The van der Waals surface area contributed by atoms with E-state index >= 15 is 0 Å². The van der Waals surface area contributed by atoms with Gasteiger partial charge in [-0.2, -0.15) is 0 Å². The third-order valence-corrected chi connectivity index (χ3v) is 5.45. The molecule has 0 radical (unpaired) electrons. The van der Waals surface area contributed by atoms with Crippen molar-refractivity contribution in [1.29, 1.82) is 0 Å². The van der Waals surface area contributed by atoms with Crippen molar-refractivity contribution in [3.05, 3.63) is 70.8 Å². The van der Waals surface area contributed by atoms with Crippen molar-refractivity contribution in [1.82, 2.24) is 10.2 Å². The molecule has 3 rings (SSSR count). The molecule has 164 valence electrons. The zero-order chi connectivity index (χ0) is 22.2. The minimum absolute atomic E-state index is 0.169. The first-order chi connectivity index (χ1) is 14.9. The number of amides is 2. The van der Waals surface area contributed by atoms with Crippen LogP contribution in [0, 0.1) is 0 Å².